The second-order valence-corrected chi connectivity index (χ2v) is 10.2. The van der Waals surface area contributed by atoms with Gasteiger partial charge >= 0.3 is 0 Å². The van der Waals surface area contributed by atoms with Gasteiger partial charge in [0.05, 0.1) is 0 Å². The lowest BCUT2D eigenvalue weighted by Crippen LogP contribution is -1.82. The molecule has 37 heavy (non-hydrogen) atoms. The third-order valence-electron chi connectivity index (χ3n) is 6.90. The minimum Gasteiger partial charge on any atom is -0.264 e. The molecule has 174 valence electrons. The molecule has 3 heteroatoms. The Kier molecular flexibility index (Phi) is 5.34. The highest BCUT2D eigenvalue weighted by atomic mass is 32.1. The number of pyridine rings is 2. The van der Waals surface area contributed by atoms with Crippen molar-refractivity contribution in [3.05, 3.63) is 134 Å². The fourth-order valence-electron chi connectivity index (χ4n) is 4.91. The first-order valence-corrected chi connectivity index (χ1v) is 13.1. The van der Waals surface area contributed by atoms with E-state index in [1.807, 2.05) is 35.9 Å². The van der Waals surface area contributed by atoms with Gasteiger partial charge in [-0.05, 0) is 74.8 Å². The van der Waals surface area contributed by atoms with Crippen LogP contribution in [0, 0.1) is 0 Å². The second-order valence-electron chi connectivity index (χ2n) is 9.16. The molecule has 4 aromatic carbocycles. The van der Waals surface area contributed by atoms with Gasteiger partial charge in [-0.3, -0.25) is 9.97 Å². The van der Waals surface area contributed by atoms with E-state index in [0.717, 1.165) is 11.1 Å². The van der Waals surface area contributed by atoms with E-state index in [4.69, 9.17) is 0 Å². The van der Waals surface area contributed by atoms with Crippen molar-refractivity contribution >= 4 is 31.5 Å². The van der Waals surface area contributed by atoms with Gasteiger partial charge in [-0.15, -0.1) is 11.3 Å². The van der Waals surface area contributed by atoms with Crippen molar-refractivity contribution in [3.63, 3.8) is 0 Å². The highest BCUT2D eigenvalue weighted by molar-refractivity contribution is 7.25. The molecule has 0 spiro atoms. The smallest absolute Gasteiger partial charge is 0.0361 e. The largest absolute Gasteiger partial charge is 0.264 e. The molecule has 0 aliphatic carbocycles. The van der Waals surface area contributed by atoms with Crippen LogP contribution in [0.5, 0.6) is 0 Å². The van der Waals surface area contributed by atoms with Crippen LogP contribution >= 0.6 is 11.3 Å². The SMILES string of the molecule is c1cncc(-c2ccc(-c3ccc4c(c3)sc3ccc(-c5ccc(-c6cccnc6)cc5)cc34)cc2)c1. The number of benzene rings is 4. The first-order chi connectivity index (χ1) is 18.3. The Morgan fingerprint density at radius 1 is 0.378 bits per heavy atom. The molecule has 0 N–H and O–H groups in total. The molecule has 0 atom stereocenters. The summed E-state index contributed by atoms with van der Waals surface area (Å²) in [6, 6.07) is 39.3. The van der Waals surface area contributed by atoms with E-state index in [1.54, 1.807) is 12.4 Å². The molecule has 0 aliphatic heterocycles. The first kappa shape index (κ1) is 21.7. The molecule has 0 bridgehead atoms. The normalized spacial score (nSPS) is 11.2. The van der Waals surface area contributed by atoms with Crippen LogP contribution in [0.2, 0.25) is 0 Å². The quantitative estimate of drug-likeness (QED) is 0.245. The van der Waals surface area contributed by atoms with Crippen LogP contribution < -0.4 is 0 Å². The molecule has 3 aromatic heterocycles. The lowest BCUT2D eigenvalue weighted by Gasteiger charge is -2.06. The zero-order valence-electron chi connectivity index (χ0n) is 20.0. The minimum atomic E-state index is 1.14. The summed E-state index contributed by atoms with van der Waals surface area (Å²) in [6.07, 6.45) is 7.42. The number of aromatic nitrogens is 2. The second kappa shape index (κ2) is 9.12. The van der Waals surface area contributed by atoms with Crippen LogP contribution in [0.3, 0.4) is 0 Å². The van der Waals surface area contributed by atoms with Gasteiger partial charge in [0.2, 0.25) is 0 Å². The number of thiophene rings is 1. The maximum atomic E-state index is 4.24. The molecule has 7 rings (SSSR count). The van der Waals surface area contributed by atoms with Gasteiger partial charge in [-0.25, -0.2) is 0 Å². The zero-order valence-corrected chi connectivity index (χ0v) is 20.8. The maximum absolute atomic E-state index is 4.24. The summed E-state index contributed by atoms with van der Waals surface area (Å²) < 4.78 is 2.63. The van der Waals surface area contributed by atoms with E-state index < -0.39 is 0 Å². The van der Waals surface area contributed by atoms with Crippen LogP contribution in [0.15, 0.2) is 134 Å². The van der Waals surface area contributed by atoms with Crippen molar-refractivity contribution in [1.29, 1.82) is 0 Å². The van der Waals surface area contributed by atoms with Crippen molar-refractivity contribution in [2.24, 2.45) is 0 Å². The van der Waals surface area contributed by atoms with E-state index in [-0.39, 0.29) is 0 Å². The molecule has 7 aromatic rings. The number of nitrogens with zero attached hydrogens (tertiary/aromatic N) is 2. The van der Waals surface area contributed by atoms with E-state index in [0.29, 0.717) is 0 Å². The zero-order chi connectivity index (χ0) is 24.6. The van der Waals surface area contributed by atoms with Crippen molar-refractivity contribution in [2.45, 2.75) is 0 Å². The van der Waals surface area contributed by atoms with Crippen LogP contribution in [0.1, 0.15) is 0 Å². The topological polar surface area (TPSA) is 25.8 Å². The van der Waals surface area contributed by atoms with Gasteiger partial charge in [-0.1, -0.05) is 78.9 Å². The van der Waals surface area contributed by atoms with Crippen LogP contribution in [-0.2, 0) is 0 Å². The summed E-state index contributed by atoms with van der Waals surface area (Å²) >= 11 is 1.86. The molecule has 0 saturated carbocycles. The molecule has 0 aliphatic rings. The summed E-state index contributed by atoms with van der Waals surface area (Å²) in [7, 11) is 0. The van der Waals surface area contributed by atoms with Crippen LogP contribution in [0.25, 0.3) is 64.7 Å². The number of rotatable bonds is 4. The van der Waals surface area contributed by atoms with Gasteiger partial charge in [0.1, 0.15) is 0 Å². The van der Waals surface area contributed by atoms with E-state index >= 15 is 0 Å². The Bertz CT molecular complexity index is 1840. The molecule has 0 saturated heterocycles. The molecular formula is C34H22N2S. The van der Waals surface area contributed by atoms with Crippen molar-refractivity contribution in [1.82, 2.24) is 9.97 Å². The van der Waals surface area contributed by atoms with E-state index in [9.17, 15) is 0 Å². The summed E-state index contributed by atoms with van der Waals surface area (Å²) in [6.45, 7) is 0. The molecule has 3 heterocycles. The maximum Gasteiger partial charge on any atom is 0.0361 e. The fourth-order valence-corrected chi connectivity index (χ4v) is 6.04. The minimum absolute atomic E-state index is 1.14. The Hall–Kier alpha value is -4.60. The molecule has 0 unspecified atom stereocenters. The highest BCUT2D eigenvalue weighted by Gasteiger charge is 2.09. The van der Waals surface area contributed by atoms with Gasteiger partial charge in [0.15, 0.2) is 0 Å². The van der Waals surface area contributed by atoms with E-state index in [2.05, 4.69) is 107 Å². The Balaban J connectivity index is 1.21. The first-order valence-electron chi connectivity index (χ1n) is 12.3. The van der Waals surface area contributed by atoms with Gasteiger partial charge in [-0.2, -0.15) is 0 Å². The summed E-state index contributed by atoms with van der Waals surface area (Å²) in [4.78, 5) is 8.48. The third-order valence-corrected chi connectivity index (χ3v) is 8.03. The molecular weight excluding hydrogens is 468 g/mol. The summed E-state index contributed by atoms with van der Waals surface area (Å²) in [5.74, 6) is 0. The molecule has 2 nitrogen and oxygen atoms in total. The molecule has 0 fully saturated rings. The van der Waals surface area contributed by atoms with Crippen molar-refractivity contribution in [3.8, 4) is 44.5 Å². The van der Waals surface area contributed by atoms with Crippen molar-refractivity contribution < 1.29 is 0 Å². The van der Waals surface area contributed by atoms with Gasteiger partial charge in [0, 0.05) is 45.0 Å². The number of hydrogen-bond acceptors (Lipinski definition) is 3. The van der Waals surface area contributed by atoms with Crippen molar-refractivity contribution in [2.75, 3.05) is 0 Å². The lowest BCUT2D eigenvalue weighted by molar-refractivity contribution is 1.33. The lowest BCUT2D eigenvalue weighted by atomic mass is 9.98. The Labute approximate surface area is 219 Å². The van der Waals surface area contributed by atoms with Crippen LogP contribution in [0.4, 0.5) is 0 Å². The Morgan fingerprint density at radius 3 is 1.41 bits per heavy atom. The standard InChI is InChI=1S/C34H22N2S/c1-3-29(21-35-17-1)25-9-5-23(6-10-25)27-14-16-33-32(19-27)31-15-13-28(20-34(31)37-33)24-7-11-26(12-8-24)30-4-2-18-36-22-30/h1-22H. The monoisotopic (exact) mass is 490 g/mol. The average Bonchev–Trinajstić information content (AvgIpc) is 3.35. The number of fused-ring (bicyclic) bond motifs is 3. The average molecular weight is 491 g/mol. The van der Waals surface area contributed by atoms with E-state index in [1.165, 1.54) is 53.6 Å². The summed E-state index contributed by atoms with van der Waals surface area (Å²) in [5, 5.41) is 2.62. The van der Waals surface area contributed by atoms with Crippen LogP contribution in [-0.4, -0.2) is 9.97 Å². The predicted molar refractivity (Wildman–Crippen MR) is 157 cm³/mol. The van der Waals surface area contributed by atoms with Gasteiger partial charge in [0.25, 0.3) is 0 Å². The fraction of sp³-hybridized carbons (Fsp3) is 0. The molecule has 0 radical (unpaired) electrons. The number of hydrogen-bond donors (Lipinski definition) is 0. The van der Waals surface area contributed by atoms with Gasteiger partial charge < -0.3 is 0 Å². The highest BCUT2D eigenvalue weighted by Crippen LogP contribution is 2.39. The Morgan fingerprint density at radius 2 is 0.865 bits per heavy atom. The summed E-state index contributed by atoms with van der Waals surface area (Å²) in [5.41, 5.74) is 9.55. The molecule has 0 amide bonds. The predicted octanol–water partition coefficient (Wildman–Crippen LogP) is 9.51. The third kappa shape index (κ3) is 4.10.